The van der Waals surface area contributed by atoms with Crippen LogP contribution in [0.4, 0.5) is 4.79 Å². The van der Waals surface area contributed by atoms with Crippen LogP contribution in [0.2, 0.25) is 0 Å². The molecule has 2 aliphatic carbocycles. The van der Waals surface area contributed by atoms with Gasteiger partial charge in [0.15, 0.2) is 0 Å². The Balaban J connectivity index is 1.96. The van der Waals surface area contributed by atoms with Crippen LogP contribution in [0, 0.1) is 5.92 Å². The second-order valence-electron chi connectivity index (χ2n) is 5.82. The molecule has 2 unspecified atom stereocenters. The third-order valence-corrected chi connectivity index (χ3v) is 4.20. The number of urea groups is 1. The first-order valence-electron chi connectivity index (χ1n) is 6.84. The molecule has 2 fully saturated rings. The number of hydrogen-bond donors (Lipinski definition) is 3. The van der Waals surface area contributed by atoms with Crippen molar-refractivity contribution in [3.8, 4) is 0 Å². The highest BCUT2D eigenvalue weighted by Gasteiger charge is 2.43. The molecule has 0 radical (unpaired) electrons. The van der Waals surface area contributed by atoms with E-state index in [1.807, 2.05) is 6.92 Å². The van der Waals surface area contributed by atoms with Gasteiger partial charge in [-0.15, -0.1) is 0 Å². The summed E-state index contributed by atoms with van der Waals surface area (Å²) in [6, 6.07) is -0.0898. The monoisotopic (exact) mass is 254 g/mol. The predicted octanol–water partition coefficient (Wildman–Crippen LogP) is 1.87. The van der Waals surface area contributed by atoms with Crippen molar-refractivity contribution in [1.29, 1.82) is 0 Å². The van der Waals surface area contributed by atoms with E-state index in [-0.39, 0.29) is 12.1 Å². The predicted molar refractivity (Wildman–Crippen MR) is 67.3 cm³/mol. The van der Waals surface area contributed by atoms with Crippen molar-refractivity contribution in [3.63, 3.8) is 0 Å². The van der Waals surface area contributed by atoms with Crippen molar-refractivity contribution >= 4 is 12.0 Å². The standard InChI is InChI=1S/C13H22N2O3/c1-9-4-3-7-13(8-9,11(16)17)15-12(18)14-10-5-2-6-10/h9-10H,2-8H2,1H3,(H,16,17)(H2,14,15,18). The Morgan fingerprint density at radius 2 is 1.94 bits per heavy atom. The summed E-state index contributed by atoms with van der Waals surface area (Å²) in [5.74, 6) is -0.559. The number of carbonyl (C=O) groups is 2. The molecule has 0 aromatic carbocycles. The fourth-order valence-corrected chi connectivity index (χ4v) is 2.90. The minimum absolute atomic E-state index is 0.233. The summed E-state index contributed by atoms with van der Waals surface area (Å²) in [4.78, 5) is 23.3. The minimum Gasteiger partial charge on any atom is -0.480 e. The number of nitrogens with one attached hydrogen (secondary N) is 2. The smallest absolute Gasteiger partial charge is 0.329 e. The molecule has 2 atom stereocenters. The van der Waals surface area contributed by atoms with Gasteiger partial charge in [0.2, 0.25) is 0 Å². The largest absolute Gasteiger partial charge is 0.480 e. The molecule has 102 valence electrons. The summed E-state index contributed by atoms with van der Waals surface area (Å²) in [6.07, 6.45) is 6.11. The van der Waals surface area contributed by atoms with Crippen LogP contribution in [-0.2, 0) is 4.79 Å². The number of amides is 2. The number of carbonyl (C=O) groups excluding carboxylic acids is 1. The van der Waals surface area contributed by atoms with Crippen molar-refractivity contribution in [2.45, 2.75) is 63.5 Å². The first-order valence-corrected chi connectivity index (χ1v) is 6.84. The third-order valence-electron chi connectivity index (χ3n) is 4.20. The van der Waals surface area contributed by atoms with Crippen LogP contribution in [0.25, 0.3) is 0 Å². The van der Waals surface area contributed by atoms with Gasteiger partial charge in [-0.2, -0.15) is 0 Å². The van der Waals surface area contributed by atoms with E-state index in [2.05, 4.69) is 10.6 Å². The van der Waals surface area contributed by atoms with E-state index in [1.165, 1.54) is 0 Å². The van der Waals surface area contributed by atoms with Gasteiger partial charge in [-0.05, 0) is 38.0 Å². The maximum atomic E-state index is 11.8. The van der Waals surface area contributed by atoms with E-state index in [0.29, 0.717) is 18.8 Å². The zero-order valence-electron chi connectivity index (χ0n) is 10.9. The van der Waals surface area contributed by atoms with Crippen molar-refractivity contribution in [2.24, 2.45) is 5.92 Å². The molecule has 0 heterocycles. The Labute approximate surface area is 107 Å². The Kier molecular flexibility index (Phi) is 3.78. The fourth-order valence-electron chi connectivity index (χ4n) is 2.90. The molecule has 5 nitrogen and oxygen atoms in total. The molecule has 2 aliphatic rings. The fraction of sp³-hybridized carbons (Fsp3) is 0.846. The van der Waals surface area contributed by atoms with Gasteiger partial charge in [0.05, 0.1) is 0 Å². The lowest BCUT2D eigenvalue weighted by Crippen LogP contribution is -2.60. The molecule has 3 N–H and O–H groups in total. The Bertz CT molecular complexity index is 341. The maximum Gasteiger partial charge on any atom is 0.329 e. The van der Waals surface area contributed by atoms with Crippen LogP contribution in [0.5, 0.6) is 0 Å². The zero-order valence-corrected chi connectivity index (χ0v) is 10.9. The Morgan fingerprint density at radius 1 is 1.22 bits per heavy atom. The first kappa shape index (κ1) is 13.2. The molecule has 0 aliphatic heterocycles. The summed E-state index contributed by atoms with van der Waals surface area (Å²) in [5.41, 5.74) is -1.06. The van der Waals surface area contributed by atoms with Crippen molar-refractivity contribution < 1.29 is 14.7 Å². The van der Waals surface area contributed by atoms with Gasteiger partial charge in [0.25, 0.3) is 0 Å². The molecule has 0 spiro atoms. The summed E-state index contributed by atoms with van der Waals surface area (Å²) >= 11 is 0. The summed E-state index contributed by atoms with van der Waals surface area (Å²) in [6.45, 7) is 2.04. The highest BCUT2D eigenvalue weighted by Crippen LogP contribution is 2.32. The molecular weight excluding hydrogens is 232 g/mol. The Hall–Kier alpha value is -1.26. The topological polar surface area (TPSA) is 78.4 Å². The molecule has 2 amide bonds. The maximum absolute atomic E-state index is 11.8. The lowest BCUT2D eigenvalue weighted by molar-refractivity contribution is -0.146. The van der Waals surface area contributed by atoms with Crippen LogP contribution in [-0.4, -0.2) is 28.7 Å². The number of carboxylic acids is 1. The molecular formula is C13H22N2O3. The van der Waals surface area contributed by atoms with Gasteiger partial charge in [-0.1, -0.05) is 19.8 Å². The van der Waals surface area contributed by atoms with Gasteiger partial charge in [-0.25, -0.2) is 9.59 Å². The summed E-state index contributed by atoms with van der Waals surface area (Å²) in [7, 11) is 0. The molecule has 0 aromatic heterocycles. The van der Waals surface area contributed by atoms with Gasteiger partial charge < -0.3 is 15.7 Å². The number of carboxylic acid groups (broad SMARTS) is 1. The van der Waals surface area contributed by atoms with Gasteiger partial charge >= 0.3 is 12.0 Å². The van der Waals surface area contributed by atoms with E-state index in [9.17, 15) is 14.7 Å². The number of aliphatic carboxylic acids is 1. The minimum atomic E-state index is -1.06. The Morgan fingerprint density at radius 3 is 2.44 bits per heavy atom. The average molecular weight is 254 g/mol. The molecule has 5 heteroatoms. The lowest BCUT2D eigenvalue weighted by atomic mass is 9.76. The average Bonchev–Trinajstić information content (AvgIpc) is 2.23. The van der Waals surface area contributed by atoms with E-state index >= 15 is 0 Å². The van der Waals surface area contributed by atoms with E-state index in [4.69, 9.17) is 0 Å². The first-order chi connectivity index (χ1) is 8.52. The molecule has 2 rings (SSSR count). The summed E-state index contributed by atoms with van der Waals surface area (Å²) in [5, 5.41) is 15.0. The van der Waals surface area contributed by atoms with E-state index < -0.39 is 11.5 Å². The molecule has 0 bridgehead atoms. The van der Waals surface area contributed by atoms with Crippen molar-refractivity contribution in [1.82, 2.24) is 10.6 Å². The second-order valence-corrected chi connectivity index (χ2v) is 5.82. The normalized spacial score (nSPS) is 32.4. The van der Waals surface area contributed by atoms with Gasteiger partial charge in [-0.3, -0.25) is 0 Å². The van der Waals surface area contributed by atoms with E-state index in [1.54, 1.807) is 0 Å². The quantitative estimate of drug-likeness (QED) is 0.719. The molecule has 18 heavy (non-hydrogen) atoms. The molecule has 0 saturated heterocycles. The van der Waals surface area contributed by atoms with E-state index in [0.717, 1.165) is 32.1 Å². The van der Waals surface area contributed by atoms with Crippen molar-refractivity contribution in [3.05, 3.63) is 0 Å². The van der Waals surface area contributed by atoms with Gasteiger partial charge in [0.1, 0.15) is 5.54 Å². The van der Waals surface area contributed by atoms with Crippen LogP contribution in [0.1, 0.15) is 51.9 Å². The third kappa shape index (κ3) is 2.76. The van der Waals surface area contributed by atoms with Gasteiger partial charge in [0, 0.05) is 6.04 Å². The van der Waals surface area contributed by atoms with Crippen LogP contribution < -0.4 is 10.6 Å². The summed E-state index contributed by atoms with van der Waals surface area (Å²) < 4.78 is 0. The number of hydrogen-bond acceptors (Lipinski definition) is 2. The van der Waals surface area contributed by atoms with Crippen LogP contribution in [0.15, 0.2) is 0 Å². The highest BCUT2D eigenvalue weighted by atomic mass is 16.4. The molecule has 0 aromatic rings. The zero-order chi connectivity index (χ0) is 13.2. The van der Waals surface area contributed by atoms with Crippen LogP contribution >= 0.6 is 0 Å². The highest BCUT2D eigenvalue weighted by molar-refractivity contribution is 5.86. The lowest BCUT2D eigenvalue weighted by Gasteiger charge is -2.38. The second kappa shape index (κ2) is 5.16. The number of rotatable bonds is 3. The molecule has 2 saturated carbocycles. The SMILES string of the molecule is CC1CCCC(NC(=O)NC2CCC2)(C(=O)O)C1. The van der Waals surface area contributed by atoms with Crippen molar-refractivity contribution in [2.75, 3.05) is 0 Å². The van der Waals surface area contributed by atoms with Crippen LogP contribution in [0.3, 0.4) is 0 Å².